The normalized spacial score (nSPS) is 15.2. The average Bonchev–Trinajstić information content (AvgIpc) is 2.85. The Morgan fingerprint density at radius 1 is 0.816 bits per heavy atom. The molecular formula is C29H53NO7P+. The molecule has 220 valence electrons. The van der Waals surface area contributed by atoms with E-state index in [-0.39, 0.29) is 26.2 Å². The van der Waals surface area contributed by atoms with Gasteiger partial charge in [0.2, 0.25) is 0 Å². The molecule has 0 aromatic rings. The number of ether oxygens (including phenoxy) is 2. The highest BCUT2D eigenvalue weighted by atomic mass is 31.2. The van der Waals surface area contributed by atoms with Crippen molar-refractivity contribution in [2.45, 2.75) is 77.7 Å². The van der Waals surface area contributed by atoms with Crippen LogP contribution in [-0.4, -0.2) is 75.6 Å². The van der Waals surface area contributed by atoms with E-state index in [1.807, 2.05) is 21.1 Å². The zero-order valence-corrected chi connectivity index (χ0v) is 25.3. The van der Waals surface area contributed by atoms with Crippen molar-refractivity contribution in [3.05, 3.63) is 48.6 Å². The van der Waals surface area contributed by atoms with Gasteiger partial charge in [0.1, 0.15) is 19.3 Å². The quantitative estimate of drug-likeness (QED) is 0.0473. The summed E-state index contributed by atoms with van der Waals surface area (Å²) < 4.78 is 33.7. The number of esters is 1. The van der Waals surface area contributed by atoms with Crippen LogP contribution in [0, 0.1) is 0 Å². The van der Waals surface area contributed by atoms with E-state index >= 15 is 0 Å². The summed E-state index contributed by atoms with van der Waals surface area (Å²) in [5.74, 6) is -0.418. The van der Waals surface area contributed by atoms with E-state index in [2.05, 4.69) is 55.5 Å². The molecule has 0 aliphatic carbocycles. The molecule has 8 nitrogen and oxygen atoms in total. The predicted octanol–water partition coefficient (Wildman–Crippen LogP) is 6.53. The average molecular weight is 559 g/mol. The van der Waals surface area contributed by atoms with E-state index in [1.165, 1.54) is 0 Å². The third kappa shape index (κ3) is 26.1. The number of nitrogens with zero attached hydrogens (tertiary/aromatic N) is 1. The second-order valence-corrected chi connectivity index (χ2v) is 11.5. The highest BCUT2D eigenvalue weighted by molar-refractivity contribution is 7.47. The van der Waals surface area contributed by atoms with Gasteiger partial charge >= 0.3 is 13.8 Å². The molecule has 0 aliphatic rings. The predicted molar refractivity (Wildman–Crippen MR) is 155 cm³/mol. The number of hydrogen-bond acceptors (Lipinski definition) is 6. The Morgan fingerprint density at radius 3 is 2.00 bits per heavy atom. The van der Waals surface area contributed by atoms with Crippen molar-refractivity contribution in [1.82, 2.24) is 0 Å². The van der Waals surface area contributed by atoms with Gasteiger partial charge in [0, 0.05) is 13.0 Å². The van der Waals surface area contributed by atoms with Gasteiger partial charge in [-0.15, -0.1) is 0 Å². The lowest BCUT2D eigenvalue weighted by molar-refractivity contribution is -0.870. The third-order valence-electron chi connectivity index (χ3n) is 5.21. The zero-order valence-electron chi connectivity index (χ0n) is 24.4. The van der Waals surface area contributed by atoms with Crippen molar-refractivity contribution < 1.29 is 37.3 Å². The second-order valence-electron chi connectivity index (χ2n) is 10.0. The molecule has 0 aliphatic heterocycles. The monoisotopic (exact) mass is 558 g/mol. The van der Waals surface area contributed by atoms with Gasteiger partial charge in [0.15, 0.2) is 0 Å². The Balaban J connectivity index is 4.03. The van der Waals surface area contributed by atoms with Crippen LogP contribution in [0.2, 0.25) is 0 Å². The van der Waals surface area contributed by atoms with Gasteiger partial charge in [-0.3, -0.25) is 13.8 Å². The maximum absolute atomic E-state index is 12.1. The number of allylic oxidation sites excluding steroid dienone is 8. The van der Waals surface area contributed by atoms with Crippen LogP contribution in [0.25, 0.3) is 0 Å². The fourth-order valence-electron chi connectivity index (χ4n) is 2.99. The second kappa shape index (κ2) is 23.4. The lowest BCUT2D eigenvalue weighted by Gasteiger charge is -2.24. The largest absolute Gasteiger partial charge is 0.472 e. The van der Waals surface area contributed by atoms with Crippen molar-refractivity contribution in [2.75, 3.05) is 54.1 Å². The molecule has 0 saturated heterocycles. The van der Waals surface area contributed by atoms with Crippen LogP contribution in [0.4, 0.5) is 0 Å². The van der Waals surface area contributed by atoms with Crippen molar-refractivity contribution >= 4 is 13.8 Å². The Labute approximate surface area is 231 Å². The van der Waals surface area contributed by atoms with E-state index in [0.29, 0.717) is 17.6 Å². The maximum Gasteiger partial charge on any atom is 0.472 e. The number of phosphoric acid groups is 1. The Bertz CT molecular complexity index is 757. The van der Waals surface area contributed by atoms with Crippen molar-refractivity contribution in [3.63, 3.8) is 0 Å². The van der Waals surface area contributed by atoms with Crippen LogP contribution < -0.4 is 0 Å². The summed E-state index contributed by atoms with van der Waals surface area (Å²) in [6, 6.07) is 0. The molecule has 1 N–H and O–H groups in total. The zero-order chi connectivity index (χ0) is 28.5. The van der Waals surface area contributed by atoms with E-state index in [9.17, 15) is 14.3 Å². The van der Waals surface area contributed by atoms with Crippen LogP contribution >= 0.6 is 7.82 Å². The van der Waals surface area contributed by atoms with Crippen LogP contribution in [0.3, 0.4) is 0 Å². The molecule has 9 heteroatoms. The molecule has 2 unspecified atom stereocenters. The fraction of sp³-hybridized carbons (Fsp3) is 0.690. The first-order chi connectivity index (χ1) is 18.1. The van der Waals surface area contributed by atoms with Gasteiger partial charge in [0.25, 0.3) is 0 Å². The number of rotatable bonds is 24. The summed E-state index contributed by atoms with van der Waals surface area (Å²) in [7, 11) is 1.62. The van der Waals surface area contributed by atoms with Gasteiger partial charge in [-0.25, -0.2) is 4.57 Å². The van der Waals surface area contributed by atoms with Gasteiger partial charge < -0.3 is 18.9 Å². The molecule has 0 bridgehead atoms. The van der Waals surface area contributed by atoms with Crippen LogP contribution in [0.5, 0.6) is 0 Å². The number of carbonyl (C=O) groups is 1. The molecular weight excluding hydrogens is 505 g/mol. The number of phosphoric ester groups is 1. The lowest BCUT2D eigenvalue weighted by Crippen LogP contribution is -2.37. The summed E-state index contributed by atoms with van der Waals surface area (Å²) in [4.78, 5) is 21.6. The third-order valence-corrected chi connectivity index (χ3v) is 6.19. The molecule has 0 rings (SSSR count). The van der Waals surface area contributed by atoms with Crippen LogP contribution in [0.1, 0.15) is 71.6 Å². The smallest absolute Gasteiger partial charge is 0.457 e. The Kier molecular flexibility index (Phi) is 22.4. The van der Waals surface area contributed by atoms with Gasteiger partial charge in [-0.2, -0.15) is 0 Å². The first-order valence-corrected chi connectivity index (χ1v) is 15.4. The van der Waals surface area contributed by atoms with E-state index in [0.717, 1.165) is 51.4 Å². The minimum Gasteiger partial charge on any atom is -0.457 e. The first kappa shape index (κ1) is 36.5. The van der Waals surface area contributed by atoms with Crippen LogP contribution in [0.15, 0.2) is 48.6 Å². The van der Waals surface area contributed by atoms with Crippen LogP contribution in [-0.2, 0) is 27.9 Å². The van der Waals surface area contributed by atoms with Crippen molar-refractivity contribution in [3.8, 4) is 0 Å². The summed E-state index contributed by atoms with van der Waals surface area (Å²) >= 11 is 0. The standard InChI is InChI=1S/C29H52NO7P/c1-6-8-9-10-11-12-13-14-15-16-17-18-19-20-21-22-24-34-26-28(37-29(31)7-2)27-36-38(32,33)35-25-23-30(3,4)5/h8-9,11-12,14-15,17-18,28H,6-7,10,13,16,19-27H2,1-5H3/p+1/b9-8-,12-11-,15-14-,18-17-. The molecule has 0 radical (unpaired) electrons. The lowest BCUT2D eigenvalue weighted by atomic mass is 10.2. The minimum absolute atomic E-state index is 0.0775. The Morgan fingerprint density at radius 2 is 1.42 bits per heavy atom. The number of hydrogen-bond donors (Lipinski definition) is 1. The maximum atomic E-state index is 12.1. The highest BCUT2D eigenvalue weighted by Gasteiger charge is 2.26. The summed E-state index contributed by atoms with van der Waals surface area (Å²) in [5, 5.41) is 0. The van der Waals surface area contributed by atoms with E-state index < -0.39 is 19.9 Å². The molecule has 0 saturated carbocycles. The summed E-state index contributed by atoms with van der Waals surface area (Å²) in [5.41, 5.74) is 0. The Hall–Kier alpha value is -1.54. The van der Waals surface area contributed by atoms with Gasteiger partial charge in [-0.05, 0) is 44.9 Å². The van der Waals surface area contributed by atoms with E-state index in [1.54, 1.807) is 6.92 Å². The number of quaternary nitrogens is 1. The van der Waals surface area contributed by atoms with Gasteiger partial charge in [-0.1, -0.05) is 68.9 Å². The number of likely N-dealkylation sites (N-methyl/N-ethyl adjacent to an activating group) is 1. The van der Waals surface area contributed by atoms with E-state index in [4.69, 9.17) is 18.5 Å². The molecule has 2 atom stereocenters. The topological polar surface area (TPSA) is 91.3 Å². The van der Waals surface area contributed by atoms with Gasteiger partial charge in [0.05, 0.1) is 34.4 Å². The first-order valence-electron chi connectivity index (χ1n) is 13.9. The molecule has 38 heavy (non-hydrogen) atoms. The highest BCUT2D eigenvalue weighted by Crippen LogP contribution is 2.43. The summed E-state index contributed by atoms with van der Waals surface area (Å²) in [6.07, 6.45) is 25.0. The summed E-state index contributed by atoms with van der Waals surface area (Å²) in [6.45, 7) is 4.80. The minimum atomic E-state index is -4.24. The molecule has 0 aromatic heterocycles. The molecule has 0 aromatic carbocycles. The molecule has 0 fully saturated rings. The number of carbonyl (C=O) groups excluding carboxylic acids is 1. The van der Waals surface area contributed by atoms with Crippen molar-refractivity contribution in [1.29, 1.82) is 0 Å². The number of unbranched alkanes of at least 4 members (excludes halogenated alkanes) is 3. The molecule has 0 amide bonds. The van der Waals surface area contributed by atoms with Crippen molar-refractivity contribution in [2.24, 2.45) is 0 Å². The molecule has 0 heterocycles. The SMILES string of the molecule is CC/C=C\C/C=C\C/C=C\C/C=C\CCCCCOCC(COP(=O)(O)OCC[N+](C)(C)C)OC(=O)CC. The fourth-order valence-corrected chi connectivity index (χ4v) is 3.73. The molecule has 0 spiro atoms.